The van der Waals surface area contributed by atoms with Crippen LogP contribution in [-0.4, -0.2) is 36.4 Å². The van der Waals surface area contributed by atoms with E-state index in [9.17, 15) is 14.4 Å². The van der Waals surface area contributed by atoms with Crippen LogP contribution in [0.2, 0.25) is 0 Å². The Morgan fingerprint density at radius 1 is 1.42 bits per heavy atom. The Morgan fingerprint density at radius 2 is 2.21 bits per heavy atom. The number of ketones is 2. The summed E-state index contributed by atoms with van der Waals surface area (Å²) in [5, 5.41) is 0. The van der Waals surface area contributed by atoms with Gasteiger partial charge in [0.25, 0.3) is 0 Å². The molecule has 2 bridgehead atoms. The summed E-state index contributed by atoms with van der Waals surface area (Å²) in [5.74, 6) is -0.247. The molecule has 0 N–H and O–H groups in total. The third-order valence-corrected chi connectivity index (χ3v) is 4.82. The maximum absolute atomic E-state index is 12.4. The van der Waals surface area contributed by atoms with Crippen LogP contribution < -0.4 is 0 Å². The van der Waals surface area contributed by atoms with Crippen LogP contribution in [0, 0.1) is 11.3 Å². The third kappa shape index (κ3) is 1.75. The molecule has 5 nitrogen and oxygen atoms in total. The lowest BCUT2D eigenvalue weighted by atomic mass is 9.65. The van der Waals surface area contributed by atoms with Crippen molar-refractivity contribution in [1.82, 2.24) is 0 Å². The van der Waals surface area contributed by atoms with Crippen LogP contribution in [-0.2, 0) is 23.9 Å². The smallest absolute Gasteiger partial charge is 0.302 e. The van der Waals surface area contributed by atoms with Crippen molar-refractivity contribution in [2.75, 3.05) is 6.61 Å². The molecule has 1 heterocycles. The highest BCUT2D eigenvalue weighted by atomic mass is 16.6. The van der Waals surface area contributed by atoms with E-state index in [-0.39, 0.29) is 36.2 Å². The summed E-state index contributed by atoms with van der Waals surface area (Å²) in [6, 6.07) is 0. The molecule has 0 amide bonds. The summed E-state index contributed by atoms with van der Waals surface area (Å²) in [6.07, 6.45) is 2.66. The number of hydrogen-bond donors (Lipinski definition) is 0. The molecule has 1 unspecified atom stereocenters. The predicted molar refractivity (Wildman–Crippen MR) is 64.3 cm³/mol. The first-order chi connectivity index (χ1) is 9.05. The number of carbonyl (C=O) groups excluding carboxylic acids is 3. The SMILES string of the molecule is CC(=O)OC[C@H]1O[C@H]2C(=O)C[C@@H]1C21CCCCC1=O. The van der Waals surface area contributed by atoms with Crippen LogP contribution in [0.15, 0.2) is 0 Å². The number of rotatable bonds is 2. The van der Waals surface area contributed by atoms with Gasteiger partial charge in [0.2, 0.25) is 0 Å². The van der Waals surface area contributed by atoms with Gasteiger partial charge in [0.15, 0.2) is 5.78 Å². The fourth-order valence-electron chi connectivity index (χ4n) is 4.02. The van der Waals surface area contributed by atoms with Crippen molar-refractivity contribution < 1.29 is 23.9 Å². The molecule has 1 saturated heterocycles. The van der Waals surface area contributed by atoms with Crippen LogP contribution in [0.4, 0.5) is 0 Å². The molecule has 0 aromatic carbocycles. The molecule has 3 rings (SSSR count). The van der Waals surface area contributed by atoms with Crippen molar-refractivity contribution >= 4 is 17.5 Å². The zero-order valence-electron chi connectivity index (χ0n) is 11.0. The fraction of sp³-hybridized carbons (Fsp3) is 0.786. The molecular weight excluding hydrogens is 248 g/mol. The Balaban J connectivity index is 1.84. The van der Waals surface area contributed by atoms with Crippen LogP contribution in [0.3, 0.4) is 0 Å². The Labute approximate surface area is 111 Å². The Kier molecular flexibility index (Phi) is 2.96. The Hall–Kier alpha value is -1.23. The van der Waals surface area contributed by atoms with Gasteiger partial charge in [-0.1, -0.05) is 6.42 Å². The van der Waals surface area contributed by atoms with Crippen molar-refractivity contribution in [2.45, 2.75) is 51.2 Å². The minimum absolute atomic E-state index is 0.0410. The molecule has 19 heavy (non-hydrogen) atoms. The summed E-state index contributed by atoms with van der Waals surface area (Å²) in [6.45, 7) is 1.50. The largest absolute Gasteiger partial charge is 0.463 e. The van der Waals surface area contributed by atoms with Gasteiger partial charge in [-0.2, -0.15) is 0 Å². The Morgan fingerprint density at radius 3 is 2.89 bits per heavy atom. The molecule has 2 aliphatic carbocycles. The second-order valence-electron chi connectivity index (χ2n) is 5.80. The molecule has 0 radical (unpaired) electrons. The number of carbonyl (C=O) groups is 3. The van der Waals surface area contributed by atoms with E-state index >= 15 is 0 Å². The maximum Gasteiger partial charge on any atom is 0.302 e. The number of esters is 1. The van der Waals surface area contributed by atoms with E-state index in [4.69, 9.17) is 9.47 Å². The lowest BCUT2D eigenvalue weighted by Crippen LogP contribution is -2.43. The number of hydrogen-bond acceptors (Lipinski definition) is 5. The molecule has 3 aliphatic rings. The standard InChI is InChI=1S/C14H18O5/c1-8(15)18-7-11-9-6-10(16)13(19-11)14(9)5-3-2-4-12(14)17/h9,11,13H,2-7H2,1H3/t9-,11+,13-,14?/m0/s1. The van der Waals surface area contributed by atoms with Gasteiger partial charge >= 0.3 is 5.97 Å². The normalized spacial score (nSPS) is 41.0. The molecule has 4 atom stereocenters. The lowest BCUT2D eigenvalue weighted by Gasteiger charge is -2.34. The van der Waals surface area contributed by atoms with E-state index < -0.39 is 11.5 Å². The van der Waals surface area contributed by atoms with Gasteiger partial charge in [-0.15, -0.1) is 0 Å². The van der Waals surface area contributed by atoms with E-state index in [1.165, 1.54) is 6.92 Å². The summed E-state index contributed by atoms with van der Waals surface area (Å²) in [7, 11) is 0. The molecule has 5 heteroatoms. The van der Waals surface area contributed by atoms with Crippen LogP contribution in [0.1, 0.15) is 39.0 Å². The summed E-state index contributed by atoms with van der Waals surface area (Å²) < 4.78 is 10.7. The molecule has 104 valence electrons. The topological polar surface area (TPSA) is 69.7 Å². The van der Waals surface area contributed by atoms with Crippen LogP contribution >= 0.6 is 0 Å². The van der Waals surface area contributed by atoms with Gasteiger partial charge in [-0.05, 0) is 12.8 Å². The minimum atomic E-state index is -0.611. The van der Waals surface area contributed by atoms with Crippen molar-refractivity contribution in [1.29, 1.82) is 0 Å². The van der Waals surface area contributed by atoms with Crippen molar-refractivity contribution in [3.05, 3.63) is 0 Å². The molecule has 0 aromatic rings. The third-order valence-electron chi connectivity index (χ3n) is 4.82. The van der Waals surface area contributed by atoms with Gasteiger partial charge in [-0.3, -0.25) is 14.4 Å². The van der Waals surface area contributed by atoms with E-state index in [1.807, 2.05) is 0 Å². The first kappa shape index (κ1) is 12.8. The molecule has 2 saturated carbocycles. The van der Waals surface area contributed by atoms with E-state index in [1.54, 1.807) is 0 Å². The highest BCUT2D eigenvalue weighted by Gasteiger charge is 2.67. The first-order valence-corrected chi connectivity index (χ1v) is 6.90. The molecule has 1 spiro atoms. The van der Waals surface area contributed by atoms with Gasteiger partial charge < -0.3 is 9.47 Å². The first-order valence-electron chi connectivity index (χ1n) is 6.90. The summed E-state index contributed by atoms with van der Waals surface area (Å²) in [4.78, 5) is 35.2. The molecule has 1 aliphatic heterocycles. The van der Waals surface area contributed by atoms with Crippen LogP contribution in [0.5, 0.6) is 0 Å². The van der Waals surface area contributed by atoms with Crippen molar-refractivity contribution in [3.8, 4) is 0 Å². The minimum Gasteiger partial charge on any atom is -0.463 e. The van der Waals surface area contributed by atoms with E-state index in [0.717, 1.165) is 19.3 Å². The summed E-state index contributed by atoms with van der Waals surface area (Å²) in [5.41, 5.74) is -0.611. The van der Waals surface area contributed by atoms with Crippen molar-refractivity contribution in [2.24, 2.45) is 11.3 Å². The zero-order valence-corrected chi connectivity index (χ0v) is 11.0. The summed E-state index contributed by atoms with van der Waals surface area (Å²) >= 11 is 0. The van der Waals surface area contributed by atoms with Crippen molar-refractivity contribution in [3.63, 3.8) is 0 Å². The predicted octanol–water partition coefficient (Wildman–Crippen LogP) is 1.04. The zero-order chi connectivity index (χ0) is 13.6. The maximum atomic E-state index is 12.4. The monoisotopic (exact) mass is 266 g/mol. The van der Waals surface area contributed by atoms with Gasteiger partial charge in [-0.25, -0.2) is 0 Å². The molecule has 0 aromatic heterocycles. The Bertz CT molecular complexity index is 443. The van der Waals surface area contributed by atoms with Gasteiger partial charge in [0.05, 0.1) is 11.5 Å². The highest BCUT2D eigenvalue weighted by molar-refractivity contribution is 5.99. The van der Waals surface area contributed by atoms with Gasteiger partial charge in [0, 0.05) is 25.7 Å². The van der Waals surface area contributed by atoms with Crippen LogP contribution in [0.25, 0.3) is 0 Å². The number of Topliss-reactive ketones (excluding diaryl/α,β-unsaturated/α-hetero) is 2. The lowest BCUT2D eigenvalue weighted by molar-refractivity contribution is -0.150. The molecule has 3 fully saturated rings. The molecular formula is C14H18O5. The van der Waals surface area contributed by atoms with Gasteiger partial charge in [0.1, 0.15) is 18.5 Å². The van der Waals surface area contributed by atoms with E-state index in [2.05, 4.69) is 0 Å². The highest BCUT2D eigenvalue weighted by Crippen LogP contribution is 2.57. The van der Waals surface area contributed by atoms with E-state index in [0.29, 0.717) is 12.8 Å². The second kappa shape index (κ2) is 4.40. The quantitative estimate of drug-likeness (QED) is 0.698. The fourth-order valence-corrected chi connectivity index (χ4v) is 4.02. The average Bonchev–Trinajstić information content (AvgIpc) is 2.80. The number of ether oxygens (including phenoxy) is 2. The second-order valence-corrected chi connectivity index (χ2v) is 5.80. The average molecular weight is 266 g/mol.